The van der Waals surface area contributed by atoms with Crippen LogP contribution in [0.25, 0.3) is 0 Å². The summed E-state index contributed by atoms with van der Waals surface area (Å²) in [6.45, 7) is 7.47. The molecule has 2 saturated carbocycles. The number of rotatable bonds is 1. The highest BCUT2D eigenvalue weighted by Crippen LogP contribution is 2.75. The van der Waals surface area contributed by atoms with E-state index in [1.165, 1.54) is 31.2 Å². The number of hydrogen-bond acceptors (Lipinski definition) is 11. The molecule has 6 aliphatic rings. The first-order valence-corrected chi connectivity index (χ1v) is 14.0. The number of esters is 4. The normalized spacial score (nSPS) is 49.6. The van der Waals surface area contributed by atoms with E-state index in [1.807, 2.05) is 0 Å². The number of carbonyl (C=O) groups excluding carboxylic acids is 4. The Balaban J connectivity index is 1.38. The fraction of sp³-hybridized carbons (Fsp3) is 0.724. The van der Waals surface area contributed by atoms with Gasteiger partial charge < -0.3 is 33.2 Å². The first-order chi connectivity index (χ1) is 19.0. The van der Waals surface area contributed by atoms with Crippen LogP contribution in [0.4, 0.5) is 0 Å². The number of fused-ring (bicyclic) bond motifs is 2. The van der Waals surface area contributed by atoms with Crippen molar-refractivity contribution in [3.05, 3.63) is 24.3 Å². The van der Waals surface area contributed by atoms with E-state index in [4.69, 9.17) is 33.2 Å². The van der Waals surface area contributed by atoms with E-state index in [1.54, 1.807) is 6.92 Å². The lowest BCUT2D eigenvalue weighted by molar-refractivity contribution is -0.253. The predicted octanol–water partition coefficient (Wildman–Crippen LogP) is 1.95. The molecule has 2 unspecified atom stereocenters. The minimum atomic E-state index is -1.19. The molecule has 40 heavy (non-hydrogen) atoms. The molecule has 11 nitrogen and oxygen atoms in total. The molecule has 0 amide bonds. The second-order valence-corrected chi connectivity index (χ2v) is 12.4. The zero-order valence-corrected chi connectivity index (χ0v) is 23.2. The molecule has 0 aromatic carbocycles. The number of epoxide rings is 2. The van der Waals surface area contributed by atoms with Gasteiger partial charge in [-0.3, -0.25) is 4.79 Å². The van der Waals surface area contributed by atoms with E-state index in [-0.39, 0.29) is 37.4 Å². The molecule has 3 saturated heterocycles. The highest BCUT2D eigenvalue weighted by atomic mass is 16.7. The van der Waals surface area contributed by atoms with E-state index >= 15 is 0 Å². The largest absolute Gasteiger partial charge is 0.463 e. The van der Waals surface area contributed by atoms with E-state index in [0.717, 1.165) is 0 Å². The van der Waals surface area contributed by atoms with E-state index < -0.39 is 64.5 Å². The van der Waals surface area contributed by atoms with Gasteiger partial charge in [-0.05, 0) is 26.2 Å². The zero-order chi connectivity index (χ0) is 28.5. The van der Waals surface area contributed by atoms with Gasteiger partial charge >= 0.3 is 23.9 Å². The van der Waals surface area contributed by atoms with Crippen LogP contribution >= 0.6 is 0 Å². The van der Waals surface area contributed by atoms with Crippen LogP contribution in [0.15, 0.2) is 24.3 Å². The number of cyclic esters (lactones) is 2. The van der Waals surface area contributed by atoms with E-state index in [9.17, 15) is 19.2 Å². The molecular weight excluding hydrogens is 524 g/mol. The Morgan fingerprint density at radius 3 is 2.40 bits per heavy atom. The molecule has 4 aliphatic heterocycles. The molecule has 11 heteroatoms. The minimum Gasteiger partial charge on any atom is -0.463 e. The fourth-order valence-electron chi connectivity index (χ4n) is 7.69. The molecule has 4 heterocycles. The SMILES string of the molecule is CC(=O)O[C@@H]1C(=O)OC[C@]23CCC4(C)OC4[C@H]2O[C@@H]2C[C@@H](OC(=O)/C=C\C=C\C(=O)OCC[C@H]1C)[C@@]3(C)[C@]21CO1. The van der Waals surface area contributed by atoms with Crippen molar-refractivity contribution in [1.29, 1.82) is 0 Å². The van der Waals surface area contributed by atoms with Crippen LogP contribution in [-0.2, 0) is 52.3 Å². The topological polar surface area (TPSA) is 139 Å². The average molecular weight is 561 g/mol. The number of allylic oxidation sites excluding steroid dienone is 2. The molecule has 2 bridgehead atoms. The van der Waals surface area contributed by atoms with Gasteiger partial charge in [-0.2, -0.15) is 0 Å². The Kier molecular flexibility index (Phi) is 6.43. The first-order valence-electron chi connectivity index (χ1n) is 14.0. The van der Waals surface area contributed by atoms with Gasteiger partial charge in [-0.1, -0.05) is 26.0 Å². The zero-order valence-electron chi connectivity index (χ0n) is 23.2. The molecule has 0 aromatic heterocycles. The van der Waals surface area contributed by atoms with Gasteiger partial charge in [0.25, 0.3) is 0 Å². The summed E-state index contributed by atoms with van der Waals surface area (Å²) < 4.78 is 41.7. The third-order valence-electron chi connectivity index (χ3n) is 10.3. The minimum absolute atomic E-state index is 0.000405. The Hall–Kier alpha value is -2.76. The molecule has 10 atom stereocenters. The van der Waals surface area contributed by atoms with Crippen molar-refractivity contribution < 1.29 is 52.3 Å². The second kappa shape index (κ2) is 9.39. The summed E-state index contributed by atoms with van der Waals surface area (Å²) in [5.74, 6) is -2.98. The summed E-state index contributed by atoms with van der Waals surface area (Å²) in [5, 5.41) is 0. The monoisotopic (exact) mass is 560 g/mol. The number of hydrogen-bond donors (Lipinski definition) is 0. The lowest BCUT2D eigenvalue weighted by atomic mass is 9.50. The molecule has 0 aromatic rings. The van der Waals surface area contributed by atoms with Crippen molar-refractivity contribution >= 4 is 23.9 Å². The predicted molar refractivity (Wildman–Crippen MR) is 134 cm³/mol. The fourth-order valence-corrected chi connectivity index (χ4v) is 7.69. The van der Waals surface area contributed by atoms with E-state index in [0.29, 0.717) is 25.9 Å². The van der Waals surface area contributed by atoms with Crippen molar-refractivity contribution in [1.82, 2.24) is 0 Å². The summed E-state index contributed by atoms with van der Waals surface area (Å²) in [4.78, 5) is 50.4. The maximum atomic E-state index is 13.5. The molecule has 6 rings (SSSR count). The second-order valence-electron chi connectivity index (χ2n) is 12.4. The van der Waals surface area contributed by atoms with Crippen molar-refractivity contribution in [2.24, 2.45) is 16.7 Å². The van der Waals surface area contributed by atoms with Gasteiger partial charge in [0, 0.05) is 36.8 Å². The number of carbonyl (C=O) groups is 4. The van der Waals surface area contributed by atoms with Crippen molar-refractivity contribution in [3.8, 4) is 0 Å². The molecule has 0 N–H and O–H groups in total. The van der Waals surface area contributed by atoms with Gasteiger partial charge in [-0.15, -0.1) is 0 Å². The van der Waals surface area contributed by atoms with Crippen LogP contribution in [0.5, 0.6) is 0 Å². The van der Waals surface area contributed by atoms with Crippen molar-refractivity contribution in [3.63, 3.8) is 0 Å². The third kappa shape index (κ3) is 4.03. The van der Waals surface area contributed by atoms with Crippen LogP contribution in [0.2, 0.25) is 0 Å². The third-order valence-corrected chi connectivity index (χ3v) is 10.3. The molecular formula is C29H36O11. The van der Waals surface area contributed by atoms with Gasteiger partial charge in [-0.25, -0.2) is 14.4 Å². The summed E-state index contributed by atoms with van der Waals surface area (Å²) in [6.07, 6.45) is 4.62. The lowest BCUT2D eigenvalue weighted by Crippen LogP contribution is -2.69. The van der Waals surface area contributed by atoms with E-state index in [2.05, 4.69) is 13.8 Å². The van der Waals surface area contributed by atoms with Gasteiger partial charge in [0.1, 0.15) is 24.4 Å². The smallest absolute Gasteiger partial charge is 0.347 e. The summed E-state index contributed by atoms with van der Waals surface area (Å²) in [7, 11) is 0. The first kappa shape index (κ1) is 27.4. The molecule has 0 radical (unpaired) electrons. The molecule has 218 valence electrons. The van der Waals surface area contributed by atoms with Crippen LogP contribution in [0, 0.1) is 16.7 Å². The Labute approximate surface area is 232 Å². The average Bonchev–Trinajstić information content (AvgIpc) is 3.81. The standard InChI is InChI=1S/C29H36O11/c1-16-9-12-34-20(31)7-5-6-8-21(32)38-18-13-19-29(15-36-29)27(18,4)28(14-35-25(33)22(16)37-17(2)30)11-10-26(3)23(40-26)24(28)39-19/h5-8,16,18-19,22-24H,9-15H2,1-4H3/b7-5+,8-6-/t16-,18-,19-,22+,23?,24-,26?,27-,28-,29+/m1/s1. The quantitative estimate of drug-likeness (QED) is 0.264. The van der Waals surface area contributed by atoms with Crippen LogP contribution < -0.4 is 0 Å². The molecule has 5 fully saturated rings. The van der Waals surface area contributed by atoms with Gasteiger partial charge in [0.2, 0.25) is 6.10 Å². The summed E-state index contributed by atoms with van der Waals surface area (Å²) in [6, 6.07) is 0. The lowest BCUT2D eigenvalue weighted by Gasteiger charge is -2.58. The maximum Gasteiger partial charge on any atom is 0.347 e. The maximum absolute atomic E-state index is 13.5. The van der Waals surface area contributed by atoms with Gasteiger partial charge in [0.05, 0.1) is 36.4 Å². The van der Waals surface area contributed by atoms with Crippen molar-refractivity contribution in [2.45, 2.75) is 95.1 Å². The van der Waals surface area contributed by atoms with Crippen molar-refractivity contribution in [2.75, 3.05) is 19.8 Å². The Morgan fingerprint density at radius 2 is 1.70 bits per heavy atom. The summed E-state index contributed by atoms with van der Waals surface area (Å²) in [5.41, 5.74) is -2.53. The van der Waals surface area contributed by atoms with Crippen LogP contribution in [0.3, 0.4) is 0 Å². The molecule has 2 aliphatic carbocycles. The Morgan fingerprint density at radius 1 is 0.975 bits per heavy atom. The molecule has 2 spiro atoms. The Bertz CT molecular complexity index is 1170. The van der Waals surface area contributed by atoms with Gasteiger partial charge in [0.15, 0.2) is 0 Å². The van der Waals surface area contributed by atoms with Crippen LogP contribution in [-0.4, -0.2) is 85.4 Å². The number of ether oxygens (including phenoxy) is 7. The van der Waals surface area contributed by atoms with Crippen LogP contribution in [0.1, 0.15) is 53.4 Å². The summed E-state index contributed by atoms with van der Waals surface area (Å²) >= 11 is 0. The highest BCUT2D eigenvalue weighted by molar-refractivity contribution is 5.84. The highest BCUT2D eigenvalue weighted by Gasteiger charge is 2.86.